The number of Topliss-reactive ketones (excluding diaryl/α,β-unsaturated/α-hetero) is 2. The number of anilines is 1. The van der Waals surface area contributed by atoms with Crippen molar-refractivity contribution in [2.24, 2.45) is 16.2 Å². The number of sulfonamides is 1. The summed E-state index contributed by atoms with van der Waals surface area (Å²) in [6.45, 7) is 5.45. The number of ketones is 2. The Balaban J connectivity index is 1.65. The van der Waals surface area contributed by atoms with Gasteiger partial charge in [-0.3, -0.25) is 14.4 Å². The first-order valence-corrected chi connectivity index (χ1v) is 15.5. The predicted octanol–water partition coefficient (Wildman–Crippen LogP) is 5.70. The Hall–Kier alpha value is -4.24. The minimum atomic E-state index is -4.39. The largest absolute Gasteiger partial charge is 0.497 e. The smallest absolute Gasteiger partial charge is 0.270 e. The molecular formula is C34H33NO7S. The molecule has 0 bridgehead atoms. The summed E-state index contributed by atoms with van der Waals surface area (Å²) >= 11 is 0. The number of rotatable bonds is 5. The quantitative estimate of drug-likeness (QED) is 0.346. The third-order valence-corrected chi connectivity index (χ3v) is 10.8. The molecule has 43 heavy (non-hydrogen) atoms. The Morgan fingerprint density at radius 1 is 0.721 bits per heavy atom. The number of hydrogen-bond donors (Lipinski definition) is 0. The summed E-state index contributed by atoms with van der Waals surface area (Å²) in [6.07, 6.45) is 0.170. The number of amides is 1. The number of carbonyl (C=O) groups excluding carboxylic acids is 3. The summed E-state index contributed by atoms with van der Waals surface area (Å²) < 4.78 is 39.8. The van der Waals surface area contributed by atoms with Crippen LogP contribution >= 0.6 is 0 Å². The van der Waals surface area contributed by atoms with Crippen molar-refractivity contribution in [2.75, 3.05) is 18.5 Å². The molecule has 1 saturated carbocycles. The molecule has 2 aliphatic carbocycles. The Kier molecular flexibility index (Phi) is 6.47. The second-order valence-corrected chi connectivity index (χ2v) is 14.3. The minimum Gasteiger partial charge on any atom is -0.497 e. The molecule has 1 amide bonds. The first-order chi connectivity index (χ1) is 20.3. The molecule has 6 rings (SSSR count). The predicted molar refractivity (Wildman–Crippen MR) is 162 cm³/mol. The summed E-state index contributed by atoms with van der Waals surface area (Å²) in [5.41, 5.74) is -1.34. The average Bonchev–Trinajstić information content (AvgIpc) is 3.28. The molecule has 1 fully saturated rings. The molecule has 1 heterocycles. The van der Waals surface area contributed by atoms with Crippen molar-refractivity contribution in [2.45, 2.75) is 44.9 Å². The lowest BCUT2D eigenvalue weighted by Gasteiger charge is -2.42. The lowest BCUT2D eigenvalue weighted by Crippen LogP contribution is -2.52. The highest BCUT2D eigenvalue weighted by Gasteiger charge is 2.67. The van der Waals surface area contributed by atoms with Crippen LogP contribution in [-0.2, 0) is 24.4 Å². The monoisotopic (exact) mass is 599 g/mol. The summed E-state index contributed by atoms with van der Waals surface area (Å²) in [7, 11) is -1.36. The van der Waals surface area contributed by atoms with Gasteiger partial charge in [-0.1, -0.05) is 44.2 Å². The Morgan fingerprint density at radius 2 is 1.26 bits per heavy atom. The van der Waals surface area contributed by atoms with E-state index in [2.05, 4.69) is 0 Å². The molecule has 9 heteroatoms. The fourth-order valence-corrected chi connectivity index (χ4v) is 8.64. The SMILES string of the molecule is COc1ccc(C2=C3c4ccccc4N(S(=O)(=O)c4ccc(OC)cc4)C(=O)C3(C)CC23C(=O)CC(C)(C)CC3=O)cc1. The highest BCUT2D eigenvalue weighted by molar-refractivity contribution is 7.93. The lowest BCUT2D eigenvalue weighted by molar-refractivity contribution is -0.145. The number of hydrogen-bond acceptors (Lipinski definition) is 7. The molecule has 3 aromatic rings. The van der Waals surface area contributed by atoms with Gasteiger partial charge in [0.25, 0.3) is 15.9 Å². The Bertz CT molecular complexity index is 1800. The van der Waals surface area contributed by atoms with Crippen LogP contribution < -0.4 is 13.8 Å². The number of nitrogens with zero attached hydrogens (tertiary/aromatic N) is 1. The number of ether oxygens (including phenoxy) is 2. The third kappa shape index (κ3) is 4.08. The lowest BCUT2D eigenvalue weighted by atomic mass is 9.58. The van der Waals surface area contributed by atoms with Gasteiger partial charge in [-0.2, -0.15) is 0 Å². The molecule has 3 aliphatic rings. The zero-order valence-electron chi connectivity index (χ0n) is 24.8. The summed E-state index contributed by atoms with van der Waals surface area (Å²) in [4.78, 5) is 43.2. The maximum atomic E-state index is 14.7. The van der Waals surface area contributed by atoms with Gasteiger partial charge in [-0.05, 0) is 77.9 Å². The van der Waals surface area contributed by atoms with Gasteiger partial charge in [0.2, 0.25) is 0 Å². The van der Waals surface area contributed by atoms with Gasteiger partial charge >= 0.3 is 0 Å². The third-order valence-electron chi connectivity index (χ3n) is 9.10. The van der Waals surface area contributed by atoms with E-state index >= 15 is 0 Å². The van der Waals surface area contributed by atoms with E-state index in [1.807, 2.05) is 13.8 Å². The molecule has 1 spiro atoms. The first kappa shape index (κ1) is 28.9. The topological polar surface area (TPSA) is 107 Å². The van der Waals surface area contributed by atoms with Crippen LogP contribution in [0.4, 0.5) is 5.69 Å². The van der Waals surface area contributed by atoms with Gasteiger partial charge in [-0.25, -0.2) is 12.7 Å². The molecule has 0 aromatic heterocycles. The van der Waals surface area contributed by atoms with Gasteiger partial charge in [0.1, 0.15) is 16.9 Å². The average molecular weight is 600 g/mol. The molecular weight excluding hydrogens is 566 g/mol. The molecule has 1 aliphatic heterocycles. The fourth-order valence-electron chi connectivity index (χ4n) is 7.11. The maximum absolute atomic E-state index is 14.7. The van der Waals surface area contributed by atoms with E-state index in [1.54, 1.807) is 62.6 Å². The minimum absolute atomic E-state index is 0.0814. The van der Waals surface area contributed by atoms with Crippen LogP contribution in [0, 0.1) is 16.2 Å². The number of para-hydroxylation sites is 1. The number of carbonyl (C=O) groups is 3. The van der Waals surface area contributed by atoms with E-state index < -0.39 is 32.2 Å². The normalized spacial score (nSPS) is 22.4. The zero-order valence-corrected chi connectivity index (χ0v) is 25.6. The standard InChI is InChI=1S/C34H33NO7S/c1-32(2)18-27(36)34(28(37)19-32)20-33(3)30(29(34)21-10-12-22(41-4)13-11-21)25-8-6-7-9-26(25)35(31(33)38)43(39,40)24-16-14-23(42-5)15-17-24/h6-17H,18-20H2,1-5H3. The molecule has 222 valence electrons. The van der Waals surface area contributed by atoms with Crippen molar-refractivity contribution in [3.05, 3.63) is 83.9 Å². The molecule has 3 aromatic carbocycles. The second-order valence-electron chi connectivity index (χ2n) is 12.5. The van der Waals surface area contributed by atoms with E-state index in [1.165, 1.54) is 31.4 Å². The number of benzene rings is 3. The van der Waals surface area contributed by atoms with Crippen LogP contribution in [0.1, 0.15) is 51.2 Å². The van der Waals surface area contributed by atoms with E-state index in [-0.39, 0.29) is 41.4 Å². The van der Waals surface area contributed by atoms with Crippen molar-refractivity contribution < 1.29 is 32.3 Å². The van der Waals surface area contributed by atoms with Gasteiger partial charge in [0.05, 0.1) is 30.2 Å². The molecule has 0 radical (unpaired) electrons. The van der Waals surface area contributed by atoms with Crippen molar-refractivity contribution in [3.8, 4) is 11.5 Å². The Labute approximate surface area is 251 Å². The van der Waals surface area contributed by atoms with E-state index in [0.717, 1.165) is 4.31 Å². The molecule has 8 nitrogen and oxygen atoms in total. The molecule has 0 N–H and O–H groups in total. The van der Waals surface area contributed by atoms with Crippen molar-refractivity contribution in [1.29, 1.82) is 0 Å². The Morgan fingerprint density at radius 3 is 1.81 bits per heavy atom. The van der Waals surface area contributed by atoms with Crippen molar-refractivity contribution in [1.82, 2.24) is 0 Å². The number of allylic oxidation sites excluding steroid dienone is 1. The van der Waals surface area contributed by atoms with Crippen LogP contribution in [-0.4, -0.2) is 40.1 Å². The van der Waals surface area contributed by atoms with Crippen LogP contribution in [0.15, 0.2) is 77.7 Å². The summed E-state index contributed by atoms with van der Waals surface area (Å²) in [5.74, 6) is -0.135. The molecule has 0 saturated heterocycles. The van der Waals surface area contributed by atoms with Gasteiger partial charge in [0, 0.05) is 18.4 Å². The highest BCUT2D eigenvalue weighted by Crippen LogP contribution is 2.67. The van der Waals surface area contributed by atoms with Gasteiger partial charge in [-0.15, -0.1) is 0 Å². The van der Waals surface area contributed by atoms with Crippen molar-refractivity contribution >= 4 is 44.3 Å². The van der Waals surface area contributed by atoms with E-state index in [4.69, 9.17) is 9.47 Å². The van der Waals surface area contributed by atoms with E-state index in [9.17, 15) is 22.8 Å². The van der Waals surface area contributed by atoms with Crippen LogP contribution in [0.5, 0.6) is 11.5 Å². The first-order valence-electron chi connectivity index (χ1n) is 14.1. The molecule has 1 unspecified atom stereocenters. The van der Waals surface area contributed by atoms with Gasteiger partial charge < -0.3 is 9.47 Å². The number of methoxy groups -OCH3 is 2. The van der Waals surface area contributed by atoms with Crippen LogP contribution in [0.2, 0.25) is 0 Å². The highest BCUT2D eigenvalue weighted by atomic mass is 32.2. The summed E-state index contributed by atoms with van der Waals surface area (Å²) in [5, 5.41) is 0. The van der Waals surface area contributed by atoms with Crippen molar-refractivity contribution in [3.63, 3.8) is 0 Å². The van der Waals surface area contributed by atoms with Crippen LogP contribution in [0.25, 0.3) is 11.1 Å². The number of fused-ring (bicyclic) bond motifs is 3. The zero-order chi connectivity index (χ0) is 30.9. The maximum Gasteiger partial charge on any atom is 0.270 e. The second kappa shape index (κ2) is 9.64. The summed E-state index contributed by atoms with van der Waals surface area (Å²) in [6, 6.07) is 19.7. The van der Waals surface area contributed by atoms with Crippen LogP contribution in [0.3, 0.4) is 0 Å². The van der Waals surface area contributed by atoms with E-state index in [0.29, 0.717) is 33.8 Å². The molecule has 1 atom stereocenters. The van der Waals surface area contributed by atoms with Gasteiger partial charge in [0.15, 0.2) is 11.6 Å². The fraction of sp³-hybridized carbons (Fsp3) is 0.324.